The molecule has 1 aliphatic carbocycles. The Labute approximate surface area is 192 Å². The Kier molecular flexibility index (Phi) is 9.38. The molecule has 33 heavy (non-hydrogen) atoms. The maximum absolute atomic E-state index is 12.6. The number of guanidine groups is 1. The van der Waals surface area contributed by atoms with Crippen molar-refractivity contribution >= 4 is 29.4 Å². The fourth-order valence-electron chi connectivity index (χ4n) is 3.13. The monoisotopic (exact) mass is 449 g/mol. The van der Waals surface area contributed by atoms with Gasteiger partial charge in [0.2, 0.25) is 5.91 Å². The second-order valence-electron chi connectivity index (χ2n) is 7.05. The minimum Gasteiger partial charge on any atom is -0.481 e. The van der Waals surface area contributed by atoms with Crippen molar-refractivity contribution in [1.29, 1.82) is 0 Å². The van der Waals surface area contributed by atoms with Crippen molar-refractivity contribution in [3.05, 3.63) is 90.1 Å². The first-order valence-corrected chi connectivity index (χ1v) is 10.1. The third-order valence-electron chi connectivity index (χ3n) is 4.53. The van der Waals surface area contributed by atoms with E-state index in [1.165, 1.54) is 6.07 Å². The molecule has 1 aliphatic rings. The number of carboxylic acid groups (broad SMARTS) is 1. The standard InChI is InChI=1S/C24H27N5O4/c1-2-3-12-19(16-8-5-4-6-9-16)20(14-22(31)32)29-21(30)15-27-23(33)17-10-7-11-18(13-17)28-24(25)26/h2-8,10-13,20H,1,9,14-15H2,(H,27,33)(H,29,30)(H,31,32)(H4,25,26,28). The van der Waals surface area contributed by atoms with E-state index in [1.54, 1.807) is 36.4 Å². The Hall–Kier alpha value is -4.40. The van der Waals surface area contributed by atoms with E-state index in [9.17, 15) is 19.5 Å². The van der Waals surface area contributed by atoms with E-state index in [0.717, 1.165) is 5.57 Å². The maximum Gasteiger partial charge on any atom is 0.305 e. The zero-order valence-electron chi connectivity index (χ0n) is 18.0. The van der Waals surface area contributed by atoms with Crippen molar-refractivity contribution in [1.82, 2.24) is 10.6 Å². The highest BCUT2D eigenvalue weighted by molar-refractivity contribution is 5.97. The van der Waals surface area contributed by atoms with E-state index < -0.39 is 23.8 Å². The number of hydrogen-bond donors (Lipinski definition) is 5. The van der Waals surface area contributed by atoms with E-state index in [0.29, 0.717) is 17.7 Å². The first kappa shape index (κ1) is 24.9. The van der Waals surface area contributed by atoms with Crippen LogP contribution in [-0.2, 0) is 9.59 Å². The van der Waals surface area contributed by atoms with E-state index in [2.05, 4.69) is 22.2 Å². The predicted octanol–water partition coefficient (Wildman–Crippen LogP) is 1.84. The molecule has 0 aromatic heterocycles. The van der Waals surface area contributed by atoms with Crippen molar-refractivity contribution in [3.8, 4) is 0 Å². The number of nitrogens with zero attached hydrogens (tertiary/aromatic N) is 1. The van der Waals surface area contributed by atoms with Gasteiger partial charge in [0, 0.05) is 5.56 Å². The van der Waals surface area contributed by atoms with Gasteiger partial charge in [-0.15, -0.1) is 0 Å². The Morgan fingerprint density at radius 3 is 2.67 bits per heavy atom. The summed E-state index contributed by atoms with van der Waals surface area (Å²) in [6, 6.07) is 5.47. The molecule has 0 radical (unpaired) electrons. The van der Waals surface area contributed by atoms with E-state index in [4.69, 9.17) is 11.5 Å². The Morgan fingerprint density at radius 1 is 1.24 bits per heavy atom. The summed E-state index contributed by atoms with van der Waals surface area (Å²) in [4.78, 5) is 40.3. The van der Waals surface area contributed by atoms with Crippen LogP contribution < -0.4 is 22.1 Å². The van der Waals surface area contributed by atoms with Gasteiger partial charge in [-0.2, -0.15) is 0 Å². The summed E-state index contributed by atoms with van der Waals surface area (Å²) in [7, 11) is 0. The van der Waals surface area contributed by atoms with Crippen LogP contribution in [0, 0.1) is 0 Å². The SMILES string of the molecule is C=CC=CC(=C1C=CC=CC1)C(CC(=O)O)NC(=O)CNC(=O)c1cccc(N=C(N)N)c1. The zero-order chi connectivity index (χ0) is 24.2. The molecular weight excluding hydrogens is 422 g/mol. The van der Waals surface area contributed by atoms with Gasteiger partial charge in [0.25, 0.3) is 5.91 Å². The molecule has 172 valence electrons. The van der Waals surface area contributed by atoms with Crippen molar-refractivity contribution in [2.24, 2.45) is 16.5 Å². The van der Waals surface area contributed by atoms with Crippen LogP contribution in [0.15, 0.2) is 89.5 Å². The minimum atomic E-state index is -1.07. The van der Waals surface area contributed by atoms with Crippen LogP contribution in [-0.4, -0.2) is 41.4 Å². The van der Waals surface area contributed by atoms with Crippen molar-refractivity contribution in [2.75, 3.05) is 6.54 Å². The van der Waals surface area contributed by atoms with Crippen LogP contribution in [0.4, 0.5) is 5.69 Å². The van der Waals surface area contributed by atoms with Crippen molar-refractivity contribution in [2.45, 2.75) is 18.9 Å². The summed E-state index contributed by atoms with van der Waals surface area (Å²) < 4.78 is 0. The molecule has 0 aliphatic heterocycles. The number of hydrogen-bond acceptors (Lipinski definition) is 4. The Bertz CT molecular complexity index is 1060. The molecule has 0 bridgehead atoms. The topological polar surface area (TPSA) is 160 Å². The van der Waals surface area contributed by atoms with Crippen LogP contribution in [0.25, 0.3) is 0 Å². The molecule has 0 saturated carbocycles. The fourth-order valence-corrected chi connectivity index (χ4v) is 3.13. The van der Waals surface area contributed by atoms with Crippen LogP contribution >= 0.6 is 0 Å². The lowest BCUT2D eigenvalue weighted by Crippen LogP contribution is -2.43. The van der Waals surface area contributed by atoms with E-state index >= 15 is 0 Å². The molecule has 2 amide bonds. The minimum absolute atomic E-state index is 0.143. The molecule has 1 aromatic rings. The molecule has 2 rings (SSSR count). The molecule has 0 heterocycles. The molecule has 1 aromatic carbocycles. The van der Waals surface area contributed by atoms with Gasteiger partial charge < -0.3 is 27.2 Å². The molecule has 0 fully saturated rings. The third-order valence-corrected chi connectivity index (χ3v) is 4.53. The van der Waals surface area contributed by atoms with Gasteiger partial charge in [-0.3, -0.25) is 14.4 Å². The van der Waals surface area contributed by atoms with Gasteiger partial charge in [-0.25, -0.2) is 4.99 Å². The van der Waals surface area contributed by atoms with Gasteiger partial charge in [-0.05, 0) is 35.8 Å². The summed E-state index contributed by atoms with van der Waals surface area (Å²) >= 11 is 0. The highest BCUT2D eigenvalue weighted by Crippen LogP contribution is 2.21. The van der Waals surface area contributed by atoms with Gasteiger partial charge in [0.15, 0.2) is 5.96 Å². The van der Waals surface area contributed by atoms with Gasteiger partial charge in [0.1, 0.15) is 0 Å². The average molecular weight is 450 g/mol. The first-order valence-electron chi connectivity index (χ1n) is 10.1. The lowest BCUT2D eigenvalue weighted by Gasteiger charge is -2.22. The van der Waals surface area contributed by atoms with Crippen LogP contribution in [0.1, 0.15) is 23.2 Å². The lowest BCUT2D eigenvalue weighted by molar-refractivity contribution is -0.137. The second kappa shape index (κ2) is 12.5. The number of rotatable bonds is 10. The first-order chi connectivity index (χ1) is 15.8. The number of carbonyl (C=O) groups excluding carboxylic acids is 2. The molecule has 1 unspecified atom stereocenters. The van der Waals surface area contributed by atoms with Crippen LogP contribution in [0.3, 0.4) is 0 Å². The van der Waals surface area contributed by atoms with Gasteiger partial charge >= 0.3 is 5.97 Å². The van der Waals surface area contributed by atoms with Gasteiger partial charge in [0.05, 0.1) is 24.7 Å². The smallest absolute Gasteiger partial charge is 0.305 e. The fraction of sp³-hybridized carbons (Fsp3) is 0.167. The molecule has 7 N–H and O–H groups in total. The summed E-state index contributed by atoms with van der Waals surface area (Å²) in [6.07, 6.45) is 12.8. The average Bonchev–Trinajstić information content (AvgIpc) is 2.77. The predicted molar refractivity (Wildman–Crippen MR) is 128 cm³/mol. The van der Waals surface area contributed by atoms with Crippen molar-refractivity contribution < 1.29 is 19.5 Å². The Morgan fingerprint density at radius 2 is 2.03 bits per heavy atom. The lowest BCUT2D eigenvalue weighted by atomic mass is 9.93. The molecule has 9 nitrogen and oxygen atoms in total. The summed E-state index contributed by atoms with van der Waals surface area (Å²) in [5.41, 5.74) is 12.9. The molecule has 9 heteroatoms. The number of carboxylic acids is 1. The van der Waals surface area contributed by atoms with E-state index in [-0.39, 0.29) is 24.5 Å². The summed E-state index contributed by atoms with van der Waals surface area (Å²) in [5, 5.41) is 14.6. The number of aliphatic imine (C=N–C) groups is 1. The number of carbonyl (C=O) groups is 3. The highest BCUT2D eigenvalue weighted by atomic mass is 16.4. The van der Waals surface area contributed by atoms with Crippen molar-refractivity contribution in [3.63, 3.8) is 0 Å². The largest absolute Gasteiger partial charge is 0.481 e. The number of benzene rings is 1. The van der Waals surface area contributed by atoms with Crippen LogP contribution in [0.2, 0.25) is 0 Å². The number of allylic oxidation sites excluding steroid dienone is 7. The summed E-state index contributed by atoms with van der Waals surface area (Å²) in [6.45, 7) is 3.30. The third kappa shape index (κ3) is 8.33. The van der Waals surface area contributed by atoms with Crippen LogP contribution in [0.5, 0.6) is 0 Å². The zero-order valence-corrected chi connectivity index (χ0v) is 18.0. The highest BCUT2D eigenvalue weighted by Gasteiger charge is 2.21. The number of nitrogens with one attached hydrogen (secondary N) is 2. The quantitative estimate of drug-likeness (QED) is 0.208. The second-order valence-corrected chi connectivity index (χ2v) is 7.05. The van der Waals surface area contributed by atoms with Gasteiger partial charge in [-0.1, -0.05) is 55.2 Å². The Balaban J connectivity index is 2.13. The number of nitrogens with two attached hydrogens (primary N) is 2. The summed E-state index contributed by atoms with van der Waals surface area (Å²) in [5.74, 6) is -2.25. The van der Waals surface area contributed by atoms with E-state index in [1.807, 2.05) is 24.3 Å². The number of aliphatic carboxylic acids is 1. The molecule has 0 spiro atoms. The normalized spacial score (nSPS) is 14.9. The number of amides is 2. The molecular formula is C24H27N5O4. The molecule has 1 atom stereocenters. The maximum atomic E-state index is 12.6. The molecule has 0 saturated heterocycles.